The van der Waals surface area contributed by atoms with Crippen LogP contribution in [0.4, 0.5) is 4.39 Å². The minimum Gasteiger partial charge on any atom is -0.490 e. The predicted molar refractivity (Wildman–Crippen MR) is 114 cm³/mol. The van der Waals surface area contributed by atoms with Crippen molar-refractivity contribution in [3.05, 3.63) is 29.6 Å². The summed E-state index contributed by atoms with van der Waals surface area (Å²) in [5, 5.41) is 11.6. The molecule has 0 aromatic heterocycles. The molecule has 0 radical (unpaired) electrons. The van der Waals surface area contributed by atoms with E-state index < -0.39 is 0 Å². The fraction of sp³-hybridized carbons (Fsp3) is 0.739. The number of aryl methyl sites for hydroxylation is 1. The summed E-state index contributed by atoms with van der Waals surface area (Å²) in [5.41, 5.74) is 1.52. The van der Waals surface area contributed by atoms with Crippen LogP contribution in [-0.2, 0) is 0 Å². The highest BCUT2D eigenvalue weighted by Crippen LogP contribution is 2.30. The molecule has 1 saturated carbocycles. The molecule has 1 aliphatic rings. The van der Waals surface area contributed by atoms with Gasteiger partial charge in [0, 0.05) is 7.47 Å². The van der Waals surface area contributed by atoms with Crippen LogP contribution in [0.15, 0.2) is 18.2 Å². The highest BCUT2D eigenvalue weighted by molar-refractivity contribution is 5.29. The Morgan fingerprint density at radius 2 is 1.96 bits per heavy atom. The Kier molecular flexibility index (Phi) is 10.9. The maximum atomic E-state index is 13.1. The molecular weight excluding hydrogens is 341 g/mol. The molecule has 2 N–H and O–H groups in total. The Morgan fingerprint density at radius 1 is 1.26 bits per heavy atom. The fourth-order valence-electron chi connectivity index (χ4n) is 2.75. The lowest BCUT2D eigenvalue weighted by atomic mass is 9.89. The van der Waals surface area contributed by atoms with Crippen molar-refractivity contribution < 1.29 is 15.7 Å². The SMILES string of the molecule is C[C@@H](CCCCCC(C)(C)C)NCO.Cc1ccc(F)c(OCC2CC2)c1.[HH]. The number of ether oxygens (including phenoxy) is 1. The molecule has 1 aromatic rings. The zero-order chi connectivity index (χ0) is 20.3. The van der Waals surface area contributed by atoms with Crippen molar-refractivity contribution in [2.75, 3.05) is 13.3 Å². The summed E-state index contributed by atoms with van der Waals surface area (Å²) in [5.74, 6) is 0.804. The van der Waals surface area contributed by atoms with Gasteiger partial charge in [0.15, 0.2) is 11.6 Å². The van der Waals surface area contributed by atoms with Crippen LogP contribution < -0.4 is 10.1 Å². The fourth-order valence-corrected chi connectivity index (χ4v) is 2.75. The van der Waals surface area contributed by atoms with E-state index in [9.17, 15) is 4.39 Å². The number of nitrogens with one attached hydrogen (secondary N) is 1. The van der Waals surface area contributed by atoms with Crippen LogP contribution in [0, 0.1) is 24.1 Å². The van der Waals surface area contributed by atoms with E-state index in [2.05, 4.69) is 33.0 Å². The quantitative estimate of drug-likeness (QED) is 0.380. The number of aliphatic hydroxyl groups is 1. The molecule has 27 heavy (non-hydrogen) atoms. The molecule has 0 aliphatic heterocycles. The predicted octanol–water partition coefficient (Wildman–Crippen LogP) is 6.08. The van der Waals surface area contributed by atoms with Crippen molar-refractivity contribution in [2.24, 2.45) is 11.3 Å². The Bertz CT molecular complexity index is 530. The monoisotopic (exact) mass is 383 g/mol. The zero-order valence-electron chi connectivity index (χ0n) is 18.0. The van der Waals surface area contributed by atoms with E-state index in [0.717, 1.165) is 5.56 Å². The van der Waals surface area contributed by atoms with E-state index in [4.69, 9.17) is 9.84 Å². The van der Waals surface area contributed by atoms with Gasteiger partial charge in [0.25, 0.3) is 0 Å². The van der Waals surface area contributed by atoms with Crippen LogP contribution in [0.5, 0.6) is 5.75 Å². The van der Waals surface area contributed by atoms with E-state index in [1.807, 2.05) is 6.92 Å². The minimum absolute atomic E-state index is 0. The Balaban J connectivity index is 0.000000503. The molecule has 0 heterocycles. The largest absolute Gasteiger partial charge is 0.490 e. The smallest absolute Gasteiger partial charge is 0.165 e. The minimum atomic E-state index is -0.258. The number of halogens is 1. The summed E-state index contributed by atoms with van der Waals surface area (Å²) in [6, 6.07) is 5.41. The van der Waals surface area contributed by atoms with Gasteiger partial charge in [-0.2, -0.15) is 0 Å². The van der Waals surface area contributed by atoms with Gasteiger partial charge in [-0.15, -0.1) is 0 Å². The Labute approximate surface area is 167 Å². The molecule has 0 amide bonds. The van der Waals surface area contributed by atoms with Gasteiger partial charge in [-0.05, 0) is 68.6 Å². The Morgan fingerprint density at radius 3 is 2.56 bits per heavy atom. The van der Waals surface area contributed by atoms with Gasteiger partial charge >= 0.3 is 0 Å². The van der Waals surface area contributed by atoms with E-state index in [1.54, 1.807) is 12.1 Å². The molecule has 158 valence electrons. The van der Waals surface area contributed by atoms with Crippen LogP contribution in [0.3, 0.4) is 0 Å². The van der Waals surface area contributed by atoms with Crippen molar-refractivity contribution in [1.29, 1.82) is 0 Å². The van der Waals surface area contributed by atoms with Crippen LogP contribution >= 0.6 is 0 Å². The molecule has 3 nitrogen and oxygen atoms in total. The van der Waals surface area contributed by atoms with Crippen molar-refractivity contribution in [2.45, 2.75) is 85.6 Å². The summed E-state index contributed by atoms with van der Waals surface area (Å²) in [7, 11) is 0. The number of aliphatic hydroxyl groups excluding tert-OH is 1. The summed E-state index contributed by atoms with van der Waals surface area (Å²) in [6.07, 6.45) is 8.86. The van der Waals surface area contributed by atoms with Crippen molar-refractivity contribution >= 4 is 0 Å². The van der Waals surface area contributed by atoms with Crippen molar-refractivity contribution in [1.82, 2.24) is 5.32 Å². The number of benzene rings is 1. The zero-order valence-corrected chi connectivity index (χ0v) is 18.0. The van der Waals surface area contributed by atoms with Crippen LogP contribution in [0.2, 0.25) is 0 Å². The normalized spacial score (nSPS) is 15.1. The van der Waals surface area contributed by atoms with Crippen LogP contribution in [-0.4, -0.2) is 24.5 Å². The molecule has 0 spiro atoms. The average Bonchev–Trinajstić information content (AvgIpc) is 3.39. The summed E-state index contributed by atoms with van der Waals surface area (Å²) in [4.78, 5) is 0. The molecule has 1 aromatic carbocycles. The highest BCUT2D eigenvalue weighted by atomic mass is 19.1. The first kappa shape index (κ1) is 23.9. The first-order valence-electron chi connectivity index (χ1n) is 10.4. The third kappa shape index (κ3) is 12.8. The molecule has 0 saturated heterocycles. The molecule has 1 fully saturated rings. The molecule has 0 unspecified atom stereocenters. The molecule has 2 rings (SSSR count). The van der Waals surface area contributed by atoms with E-state index in [1.165, 1.54) is 51.0 Å². The van der Waals surface area contributed by atoms with Crippen molar-refractivity contribution in [3.8, 4) is 5.75 Å². The van der Waals surface area contributed by atoms with Crippen LogP contribution in [0.25, 0.3) is 0 Å². The van der Waals surface area contributed by atoms with Gasteiger partial charge in [0.2, 0.25) is 0 Å². The molecule has 4 heteroatoms. The average molecular weight is 384 g/mol. The number of hydrogen-bond acceptors (Lipinski definition) is 3. The Hall–Kier alpha value is -1.13. The van der Waals surface area contributed by atoms with E-state index >= 15 is 0 Å². The van der Waals surface area contributed by atoms with Gasteiger partial charge in [-0.3, -0.25) is 5.32 Å². The van der Waals surface area contributed by atoms with Gasteiger partial charge in [0.05, 0.1) is 13.3 Å². The molecule has 1 aliphatic carbocycles. The van der Waals surface area contributed by atoms with Gasteiger partial charge in [-0.25, -0.2) is 4.39 Å². The molecule has 1 atom stereocenters. The lowest BCUT2D eigenvalue weighted by molar-refractivity contribution is 0.239. The standard InChI is InChI=1S/C12H27NO.C11H13FO.H2/c1-11(13-10-14)8-6-5-7-9-12(2,3)4;1-8-2-5-10(12)11(6-8)13-7-9-3-4-9;/h11,13-14H,5-10H2,1-4H3;2,5-6,9H,3-4,7H2,1H3;1H/t11-;;/m0../s1. The van der Waals surface area contributed by atoms with Gasteiger partial charge in [0.1, 0.15) is 0 Å². The lowest BCUT2D eigenvalue weighted by Gasteiger charge is -2.18. The highest BCUT2D eigenvalue weighted by Gasteiger charge is 2.22. The second-order valence-electron chi connectivity index (χ2n) is 9.11. The first-order valence-corrected chi connectivity index (χ1v) is 10.4. The molecule has 0 bridgehead atoms. The van der Waals surface area contributed by atoms with E-state index in [0.29, 0.717) is 29.7 Å². The summed E-state index contributed by atoms with van der Waals surface area (Å²) in [6.45, 7) is 11.7. The number of hydrogen-bond donors (Lipinski definition) is 2. The lowest BCUT2D eigenvalue weighted by Crippen LogP contribution is -2.26. The maximum Gasteiger partial charge on any atom is 0.165 e. The number of unbranched alkanes of at least 4 members (excludes halogenated alkanes) is 2. The first-order chi connectivity index (χ1) is 12.7. The summed E-state index contributed by atoms with van der Waals surface area (Å²) >= 11 is 0. The maximum absolute atomic E-state index is 13.1. The second-order valence-corrected chi connectivity index (χ2v) is 9.11. The van der Waals surface area contributed by atoms with Crippen molar-refractivity contribution in [3.63, 3.8) is 0 Å². The second kappa shape index (κ2) is 12.4. The third-order valence-corrected chi connectivity index (χ3v) is 4.76. The van der Waals surface area contributed by atoms with Gasteiger partial charge < -0.3 is 9.84 Å². The molecular formula is C23H42FNO2. The van der Waals surface area contributed by atoms with Gasteiger partial charge in [-0.1, -0.05) is 46.1 Å². The van der Waals surface area contributed by atoms with E-state index in [-0.39, 0.29) is 14.0 Å². The number of rotatable bonds is 10. The third-order valence-electron chi connectivity index (χ3n) is 4.76. The van der Waals surface area contributed by atoms with Crippen LogP contribution in [0.1, 0.15) is 79.6 Å². The topological polar surface area (TPSA) is 41.5 Å². The summed E-state index contributed by atoms with van der Waals surface area (Å²) < 4.78 is 18.5.